The summed E-state index contributed by atoms with van der Waals surface area (Å²) in [7, 11) is 1.61. The van der Waals surface area contributed by atoms with Crippen molar-refractivity contribution in [1.29, 1.82) is 0 Å². The summed E-state index contributed by atoms with van der Waals surface area (Å²) in [4.78, 5) is 8.56. The third kappa shape index (κ3) is 2.08. The largest absolute Gasteiger partial charge is 0.497 e. The van der Waals surface area contributed by atoms with Crippen molar-refractivity contribution >= 4 is 22.5 Å². The minimum Gasteiger partial charge on any atom is -0.497 e. The summed E-state index contributed by atoms with van der Waals surface area (Å²) < 4.78 is 5.12. The molecule has 0 atom stereocenters. The molecule has 0 aliphatic rings. The number of hydrogen-bond acceptors (Lipinski definition) is 4. The normalized spacial score (nSPS) is 10.7. The van der Waals surface area contributed by atoms with Crippen LogP contribution in [0.2, 0.25) is 5.15 Å². The number of ether oxygens (including phenoxy) is 1. The van der Waals surface area contributed by atoms with Crippen LogP contribution in [0.1, 0.15) is 5.82 Å². The highest BCUT2D eigenvalue weighted by atomic mass is 35.5. The van der Waals surface area contributed by atoms with Gasteiger partial charge in [-0.25, -0.2) is 9.97 Å². The Balaban J connectivity index is 2.57. The van der Waals surface area contributed by atoms with Gasteiger partial charge < -0.3 is 10.5 Å². The van der Waals surface area contributed by atoms with Crippen molar-refractivity contribution < 1.29 is 4.74 Å². The van der Waals surface area contributed by atoms with Gasteiger partial charge in [-0.05, 0) is 24.7 Å². The van der Waals surface area contributed by atoms with E-state index in [9.17, 15) is 0 Å². The average Bonchev–Trinajstić information content (AvgIpc) is 2.29. The summed E-state index contributed by atoms with van der Waals surface area (Å²) in [6, 6.07) is 5.53. The van der Waals surface area contributed by atoms with Crippen LogP contribution in [0.4, 0.5) is 0 Å². The molecule has 1 aromatic carbocycles. The second-order valence-electron chi connectivity index (χ2n) is 3.35. The van der Waals surface area contributed by atoms with E-state index in [0.29, 0.717) is 23.9 Å². The van der Waals surface area contributed by atoms with Gasteiger partial charge in [0.2, 0.25) is 0 Å². The van der Waals surface area contributed by atoms with Crippen LogP contribution in [0.25, 0.3) is 10.9 Å². The molecule has 5 heteroatoms. The summed E-state index contributed by atoms with van der Waals surface area (Å²) in [5.74, 6) is 1.41. The minimum atomic E-state index is 0.437. The Morgan fingerprint density at radius 1 is 1.38 bits per heavy atom. The molecule has 0 radical (unpaired) electrons. The summed E-state index contributed by atoms with van der Waals surface area (Å²) in [6.45, 7) is 0.512. The van der Waals surface area contributed by atoms with Gasteiger partial charge in [-0.3, -0.25) is 0 Å². The first-order valence-corrected chi connectivity index (χ1v) is 5.32. The van der Waals surface area contributed by atoms with E-state index in [4.69, 9.17) is 22.1 Å². The van der Waals surface area contributed by atoms with Crippen LogP contribution in [0.3, 0.4) is 0 Å². The van der Waals surface area contributed by atoms with Crippen molar-refractivity contribution in [3.05, 3.63) is 29.2 Å². The van der Waals surface area contributed by atoms with Crippen LogP contribution in [-0.2, 0) is 6.42 Å². The summed E-state index contributed by atoms with van der Waals surface area (Å²) in [5, 5.41) is 1.23. The molecule has 1 heterocycles. The quantitative estimate of drug-likeness (QED) is 0.827. The van der Waals surface area contributed by atoms with Gasteiger partial charge in [0.15, 0.2) is 0 Å². The molecule has 0 saturated carbocycles. The maximum atomic E-state index is 6.08. The SMILES string of the molecule is COc1ccc2nc(CCN)nc(Cl)c2c1. The molecule has 0 aliphatic carbocycles. The predicted molar refractivity (Wildman–Crippen MR) is 63.9 cm³/mol. The van der Waals surface area contributed by atoms with Crippen molar-refractivity contribution in [3.63, 3.8) is 0 Å². The summed E-state index contributed by atoms with van der Waals surface area (Å²) in [6.07, 6.45) is 0.627. The first-order valence-electron chi connectivity index (χ1n) is 4.95. The molecule has 0 spiro atoms. The molecular formula is C11H12ClN3O. The molecule has 0 bridgehead atoms. The van der Waals surface area contributed by atoms with Gasteiger partial charge in [-0.15, -0.1) is 0 Å². The van der Waals surface area contributed by atoms with E-state index in [0.717, 1.165) is 16.7 Å². The Bertz CT molecular complexity index is 516. The molecule has 0 unspecified atom stereocenters. The topological polar surface area (TPSA) is 61.0 Å². The predicted octanol–water partition coefficient (Wildman–Crippen LogP) is 1.79. The Hall–Kier alpha value is -1.39. The van der Waals surface area contributed by atoms with Gasteiger partial charge in [0.1, 0.15) is 16.7 Å². The zero-order valence-electron chi connectivity index (χ0n) is 8.90. The van der Waals surface area contributed by atoms with E-state index >= 15 is 0 Å². The smallest absolute Gasteiger partial charge is 0.140 e. The molecule has 84 valence electrons. The fourth-order valence-corrected chi connectivity index (χ4v) is 1.73. The molecule has 1 aromatic heterocycles. The van der Waals surface area contributed by atoms with Crippen LogP contribution in [0.15, 0.2) is 18.2 Å². The Morgan fingerprint density at radius 2 is 2.19 bits per heavy atom. The summed E-state index contributed by atoms with van der Waals surface area (Å²) >= 11 is 6.08. The molecule has 2 N–H and O–H groups in total. The second kappa shape index (κ2) is 4.63. The molecule has 0 amide bonds. The maximum absolute atomic E-state index is 6.08. The third-order valence-corrected chi connectivity index (χ3v) is 2.56. The van der Waals surface area contributed by atoms with Crippen molar-refractivity contribution in [3.8, 4) is 5.75 Å². The van der Waals surface area contributed by atoms with Crippen LogP contribution in [0.5, 0.6) is 5.75 Å². The lowest BCUT2D eigenvalue weighted by Gasteiger charge is -2.05. The highest BCUT2D eigenvalue weighted by Gasteiger charge is 2.06. The Morgan fingerprint density at radius 3 is 2.88 bits per heavy atom. The van der Waals surface area contributed by atoms with Gasteiger partial charge in [0, 0.05) is 11.8 Å². The molecule has 16 heavy (non-hydrogen) atoms. The standard InChI is InChI=1S/C11H12ClN3O/c1-16-7-2-3-9-8(6-7)11(12)15-10(14-9)4-5-13/h2-3,6H,4-5,13H2,1H3. The maximum Gasteiger partial charge on any atom is 0.140 e. The number of hydrogen-bond donors (Lipinski definition) is 1. The molecule has 0 aliphatic heterocycles. The Kier molecular flexibility index (Phi) is 3.22. The molecule has 2 aromatic rings. The van der Waals surface area contributed by atoms with Crippen LogP contribution in [-0.4, -0.2) is 23.6 Å². The number of benzene rings is 1. The van der Waals surface area contributed by atoms with Crippen molar-refractivity contribution in [2.45, 2.75) is 6.42 Å². The van der Waals surface area contributed by atoms with E-state index in [-0.39, 0.29) is 0 Å². The Labute approximate surface area is 98.4 Å². The monoisotopic (exact) mass is 237 g/mol. The number of aromatic nitrogens is 2. The lowest BCUT2D eigenvalue weighted by atomic mass is 10.2. The van der Waals surface area contributed by atoms with Gasteiger partial charge in [-0.2, -0.15) is 0 Å². The highest BCUT2D eigenvalue weighted by molar-refractivity contribution is 6.34. The third-order valence-electron chi connectivity index (χ3n) is 2.27. The molecular weight excluding hydrogens is 226 g/mol. The van der Waals surface area contributed by atoms with E-state index in [1.54, 1.807) is 7.11 Å². The number of nitrogens with zero attached hydrogens (tertiary/aromatic N) is 2. The number of halogens is 1. The molecule has 4 nitrogen and oxygen atoms in total. The first-order chi connectivity index (χ1) is 7.74. The lowest BCUT2D eigenvalue weighted by molar-refractivity contribution is 0.415. The van der Waals surface area contributed by atoms with E-state index in [1.807, 2.05) is 18.2 Å². The number of methoxy groups -OCH3 is 1. The highest BCUT2D eigenvalue weighted by Crippen LogP contribution is 2.24. The fourth-order valence-electron chi connectivity index (χ4n) is 1.48. The average molecular weight is 238 g/mol. The van der Waals surface area contributed by atoms with Crippen molar-refractivity contribution in [2.75, 3.05) is 13.7 Å². The lowest BCUT2D eigenvalue weighted by Crippen LogP contribution is -2.06. The first kappa shape index (κ1) is 11.1. The number of nitrogens with two attached hydrogens (primary N) is 1. The van der Waals surface area contributed by atoms with Crippen LogP contribution in [0, 0.1) is 0 Å². The van der Waals surface area contributed by atoms with Crippen molar-refractivity contribution in [2.24, 2.45) is 5.73 Å². The zero-order valence-corrected chi connectivity index (χ0v) is 9.66. The van der Waals surface area contributed by atoms with Gasteiger partial charge >= 0.3 is 0 Å². The van der Waals surface area contributed by atoms with Gasteiger partial charge in [0.05, 0.1) is 12.6 Å². The van der Waals surface area contributed by atoms with Gasteiger partial charge in [0.25, 0.3) is 0 Å². The van der Waals surface area contributed by atoms with Crippen LogP contribution >= 0.6 is 11.6 Å². The minimum absolute atomic E-state index is 0.437. The fraction of sp³-hybridized carbons (Fsp3) is 0.273. The summed E-state index contributed by atoms with van der Waals surface area (Å²) in [5.41, 5.74) is 6.27. The number of rotatable bonds is 3. The zero-order chi connectivity index (χ0) is 11.5. The number of fused-ring (bicyclic) bond motifs is 1. The second-order valence-corrected chi connectivity index (χ2v) is 3.71. The molecule has 0 fully saturated rings. The van der Waals surface area contributed by atoms with E-state index < -0.39 is 0 Å². The van der Waals surface area contributed by atoms with Gasteiger partial charge in [-0.1, -0.05) is 11.6 Å². The molecule has 2 rings (SSSR count). The van der Waals surface area contributed by atoms with E-state index in [2.05, 4.69) is 9.97 Å². The van der Waals surface area contributed by atoms with E-state index in [1.165, 1.54) is 0 Å². The van der Waals surface area contributed by atoms with Crippen molar-refractivity contribution in [1.82, 2.24) is 9.97 Å². The van der Waals surface area contributed by atoms with Crippen LogP contribution < -0.4 is 10.5 Å². The molecule has 0 saturated heterocycles.